The van der Waals surface area contributed by atoms with Gasteiger partial charge in [0.15, 0.2) is 0 Å². The second kappa shape index (κ2) is 8.66. The zero-order valence-corrected chi connectivity index (χ0v) is 13.9. The summed E-state index contributed by atoms with van der Waals surface area (Å²) in [6.45, 7) is 9.72. The van der Waals surface area contributed by atoms with Gasteiger partial charge in [-0.1, -0.05) is 44.2 Å². The van der Waals surface area contributed by atoms with E-state index in [-0.39, 0.29) is 0 Å². The monoisotopic (exact) mass is 297 g/mol. The molecule has 1 aromatic heterocycles. The molecule has 2 aromatic rings. The van der Waals surface area contributed by atoms with Crippen molar-refractivity contribution < 1.29 is 0 Å². The second-order valence-electron chi connectivity index (χ2n) is 5.56. The lowest BCUT2D eigenvalue weighted by molar-refractivity contribution is 0.209. The highest BCUT2D eigenvalue weighted by atomic mass is 15.2. The summed E-state index contributed by atoms with van der Waals surface area (Å²) in [5, 5.41) is 3.68. The molecule has 3 nitrogen and oxygen atoms in total. The van der Waals surface area contributed by atoms with Gasteiger partial charge in [0.2, 0.25) is 0 Å². The summed E-state index contributed by atoms with van der Waals surface area (Å²) in [5.41, 5.74) is 2.65. The molecule has 2 atom stereocenters. The standard InChI is InChI=1S/C19H27N3/c1-4-22(5-2)19(18-9-7-6-8-10-18)15-21-16(3)17-11-13-20-14-12-17/h6-14,16,19,21H,4-5,15H2,1-3H3. The van der Waals surface area contributed by atoms with Crippen molar-refractivity contribution in [1.82, 2.24) is 15.2 Å². The highest BCUT2D eigenvalue weighted by Gasteiger charge is 2.18. The molecule has 2 rings (SSSR count). The maximum Gasteiger partial charge on any atom is 0.0472 e. The van der Waals surface area contributed by atoms with Gasteiger partial charge in [0.25, 0.3) is 0 Å². The Labute approximate surface area is 134 Å². The number of nitrogens with one attached hydrogen (secondary N) is 1. The van der Waals surface area contributed by atoms with Crippen molar-refractivity contribution in [2.24, 2.45) is 0 Å². The Kier molecular flexibility index (Phi) is 6.56. The fourth-order valence-electron chi connectivity index (χ4n) is 2.86. The lowest BCUT2D eigenvalue weighted by atomic mass is 10.0. The third-order valence-corrected chi connectivity index (χ3v) is 4.26. The van der Waals surface area contributed by atoms with Crippen LogP contribution >= 0.6 is 0 Å². The third-order valence-electron chi connectivity index (χ3n) is 4.26. The summed E-state index contributed by atoms with van der Waals surface area (Å²) >= 11 is 0. The first-order chi connectivity index (χ1) is 10.8. The summed E-state index contributed by atoms with van der Waals surface area (Å²) in [6, 6.07) is 15.7. The molecule has 1 heterocycles. The molecule has 1 aromatic carbocycles. The number of pyridine rings is 1. The molecule has 0 fully saturated rings. The van der Waals surface area contributed by atoms with Crippen molar-refractivity contribution in [3.63, 3.8) is 0 Å². The van der Waals surface area contributed by atoms with E-state index in [2.05, 4.69) is 78.4 Å². The van der Waals surface area contributed by atoms with Gasteiger partial charge in [0, 0.05) is 31.0 Å². The molecule has 3 heteroatoms. The van der Waals surface area contributed by atoms with Gasteiger partial charge in [0.1, 0.15) is 0 Å². The fraction of sp³-hybridized carbons (Fsp3) is 0.421. The van der Waals surface area contributed by atoms with E-state index < -0.39 is 0 Å². The number of hydrogen-bond acceptors (Lipinski definition) is 3. The lowest BCUT2D eigenvalue weighted by Gasteiger charge is -2.31. The van der Waals surface area contributed by atoms with Crippen LogP contribution in [0.2, 0.25) is 0 Å². The molecule has 0 amide bonds. The highest BCUT2D eigenvalue weighted by molar-refractivity contribution is 5.20. The molecule has 0 aliphatic heterocycles. The number of hydrogen-bond donors (Lipinski definition) is 1. The van der Waals surface area contributed by atoms with Crippen molar-refractivity contribution in [3.8, 4) is 0 Å². The topological polar surface area (TPSA) is 28.2 Å². The maximum absolute atomic E-state index is 4.09. The van der Waals surface area contributed by atoms with Crippen LogP contribution in [-0.2, 0) is 0 Å². The van der Waals surface area contributed by atoms with Crippen LogP contribution < -0.4 is 5.32 Å². The highest BCUT2D eigenvalue weighted by Crippen LogP contribution is 2.21. The van der Waals surface area contributed by atoms with E-state index in [1.165, 1.54) is 11.1 Å². The first-order valence-corrected chi connectivity index (χ1v) is 8.18. The maximum atomic E-state index is 4.09. The van der Waals surface area contributed by atoms with Crippen molar-refractivity contribution in [3.05, 3.63) is 66.0 Å². The van der Waals surface area contributed by atoms with Crippen molar-refractivity contribution in [1.29, 1.82) is 0 Å². The van der Waals surface area contributed by atoms with Crippen LogP contribution in [0.15, 0.2) is 54.9 Å². The molecule has 0 saturated heterocycles. The molecule has 0 aliphatic rings. The first-order valence-electron chi connectivity index (χ1n) is 8.18. The Bertz CT molecular complexity index is 523. The summed E-state index contributed by atoms with van der Waals surface area (Å²) in [7, 11) is 0. The molecular weight excluding hydrogens is 270 g/mol. The van der Waals surface area contributed by atoms with Gasteiger partial charge in [-0.2, -0.15) is 0 Å². The normalized spacial score (nSPS) is 14.0. The zero-order valence-electron chi connectivity index (χ0n) is 13.9. The van der Waals surface area contributed by atoms with E-state index >= 15 is 0 Å². The molecule has 22 heavy (non-hydrogen) atoms. The molecule has 0 bridgehead atoms. The Morgan fingerprint density at radius 1 is 0.955 bits per heavy atom. The molecule has 2 unspecified atom stereocenters. The summed E-state index contributed by atoms with van der Waals surface area (Å²) < 4.78 is 0. The Morgan fingerprint density at radius 2 is 1.59 bits per heavy atom. The van der Waals surface area contributed by atoms with Gasteiger partial charge in [-0.15, -0.1) is 0 Å². The summed E-state index contributed by atoms with van der Waals surface area (Å²) in [5.74, 6) is 0. The van der Waals surface area contributed by atoms with Crippen molar-refractivity contribution in [2.45, 2.75) is 32.9 Å². The van der Waals surface area contributed by atoms with Crippen LogP contribution in [0.4, 0.5) is 0 Å². The molecule has 1 N–H and O–H groups in total. The minimum Gasteiger partial charge on any atom is -0.308 e. The van der Waals surface area contributed by atoms with Crippen molar-refractivity contribution in [2.75, 3.05) is 19.6 Å². The van der Waals surface area contributed by atoms with E-state index in [1.54, 1.807) is 0 Å². The first kappa shape index (κ1) is 16.7. The minimum atomic E-state index is 0.324. The predicted molar refractivity (Wildman–Crippen MR) is 92.8 cm³/mol. The van der Waals surface area contributed by atoms with Crippen LogP contribution in [0.1, 0.15) is 44.0 Å². The van der Waals surface area contributed by atoms with Crippen molar-refractivity contribution >= 4 is 0 Å². The largest absolute Gasteiger partial charge is 0.308 e. The van der Waals surface area contributed by atoms with E-state index in [0.717, 1.165) is 19.6 Å². The van der Waals surface area contributed by atoms with Crippen LogP contribution in [0.5, 0.6) is 0 Å². The quantitative estimate of drug-likeness (QED) is 0.803. The predicted octanol–water partition coefficient (Wildman–Crippen LogP) is 3.82. The van der Waals surface area contributed by atoms with Gasteiger partial charge in [0.05, 0.1) is 0 Å². The number of rotatable bonds is 8. The van der Waals surface area contributed by atoms with E-state index in [1.807, 2.05) is 12.4 Å². The molecule has 0 aliphatic carbocycles. The minimum absolute atomic E-state index is 0.324. The van der Waals surface area contributed by atoms with E-state index in [0.29, 0.717) is 12.1 Å². The molecule has 0 radical (unpaired) electrons. The van der Waals surface area contributed by atoms with Gasteiger partial charge in [-0.3, -0.25) is 9.88 Å². The second-order valence-corrected chi connectivity index (χ2v) is 5.56. The summed E-state index contributed by atoms with van der Waals surface area (Å²) in [6.07, 6.45) is 3.71. The number of benzene rings is 1. The SMILES string of the molecule is CCN(CC)C(CNC(C)c1ccncc1)c1ccccc1. The average Bonchev–Trinajstić information content (AvgIpc) is 2.60. The zero-order chi connectivity index (χ0) is 15.8. The number of nitrogens with zero attached hydrogens (tertiary/aromatic N) is 2. The van der Waals surface area contributed by atoms with E-state index in [4.69, 9.17) is 0 Å². The Morgan fingerprint density at radius 3 is 2.18 bits per heavy atom. The van der Waals surface area contributed by atoms with Gasteiger partial charge < -0.3 is 5.32 Å². The van der Waals surface area contributed by atoms with E-state index in [9.17, 15) is 0 Å². The Hall–Kier alpha value is -1.71. The molecule has 118 valence electrons. The van der Waals surface area contributed by atoms with Gasteiger partial charge in [-0.25, -0.2) is 0 Å². The van der Waals surface area contributed by atoms with Crippen LogP contribution in [0, 0.1) is 0 Å². The third kappa shape index (κ3) is 4.39. The number of likely N-dealkylation sites (N-methyl/N-ethyl adjacent to an activating group) is 1. The lowest BCUT2D eigenvalue weighted by Crippen LogP contribution is -2.36. The molecular formula is C19H27N3. The van der Waals surface area contributed by atoms with Crippen LogP contribution in [0.3, 0.4) is 0 Å². The van der Waals surface area contributed by atoms with Crippen LogP contribution in [-0.4, -0.2) is 29.5 Å². The van der Waals surface area contributed by atoms with Gasteiger partial charge >= 0.3 is 0 Å². The fourth-order valence-corrected chi connectivity index (χ4v) is 2.86. The summed E-state index contributed by atoms with van der Waals surface area (Å²) in [4.78, 5) is 6.59. The molecule has 0 saturated carbocycles. The van der Waals surface area contributed by atoms with Gasteiger partial charge in [-0.05, 0) is 43.3 Å². The number of aromatic nitrogens is 1. The average molecular weight is 297 g/mol. The Balaban J connectivity index is 2.07. The van der Waals surface area contributed by atoms with Crippen LogP contribution in [0.25, 0.3) is 0 Å². The smallest absolute Gasteiger partial charge is 0.0472 e. The molecule has 0 spiro atoms.